The van der Waals surface area contributed by atoms with Crippen molar-refractivity contribution in [3.05, 3.63) is 103 Å². The maximum atomic E-state index is 15.1. The molecule has 2 amide bonds. The van der Waals surface area contributed by atoms with Gasteiger partial charge in [-0.3, -0.25) is 19.2 Å². The van der Waals surface area contributed by atoms with Crippen LogP contribution >= 0.6 is 0 Å². The van der Waals surface area contributed by atoms with Crippen LogP contribution in [0.2, 0.25) is 0 Å². The Morgan fingerprint density at radius 1 is 1.05 bits per heavy atom. The van der Waals surface area contributed by atoms with E-state index in [1.165, 1.54) is 23.1 Å². The third-order valence-corrected chi connectivity index (χ3v) is 6.73. The molecule has 10 heteroatoms. The molecule has 0 saturated heterocycles. The Labute approximate surface area is 216 Å². The number of nitrogens with one attached hydrogen (secondary N) is 2. The summed E-state index contributed by atoms with van der Waals surface area (Å²) in [6.45, 7) is 5.56. The van der Waals surface area contributed by atoms with Gasteiger partial charge in [-0.2, -0.15) is 0 Å². The quantitative estimate of drug-likeness (QED) is 0.299. The maximum absolute atomic E-state index is 15.1. The van der Waals surface area contributed by atoms with Crippen LogP contribution in [0.3, 0.4) is 0 Å². The van der Waals surface area contributed by atoms with Gasteiger partial charge < -0.3 is 25.7 Å². The number of anilines is 4. The number of nitrogens with two attached hydrogens (primary N) is 1. The zero-order valence-electron chi connectivity index (χ0n) is 21.0. The van der Waals surface area contributed by atoms with Crippen LogP contribution in [0.5, 0.6) is 0 Å². The summed E-state index contributed by atoms with van der Waals surface area (Å²) in [4.78, 5) is 51.9. The molecule has 194 valence electrons. The molecule has 3 aromatic carbocycles. The molecule has 1 atom stereocenters. The van der Waals surface area contributed by atoms with Gasteiger partial charge in [0.1, 0.15) is 28.7 Å². The Hall–Kier alpha value is -4.73. The van der Waals surface area contributed by atoms with E-state index in [1.54, 1.807) is 31.2 Å². The van der Waals surface area contributed by atoms with Gasteiger partial charge in [0.2, 0.25) is 0 Å². The minimum Gasteiger partial charge on any atom is -0.464 e. The number of carbonyl (C=O) groups excluding carboxylic acids is 2. The number of rotatable bonds is 8. The number of primary amides is 1. The van der Waals surface area contributed by atoms with Gasteiger partial charge >= 0.3 is 0 Å². The SMILES string of the molecule is CC[C@@H](Nc1c(Nc2c(F)ccc3c2C(=O)N(c2cc(C)ccc2C(N)=O)C3)c(=O)c1=O)c1ccc(C)o1. The normalized spacial score (nSPS) is 13.6. The minimum atomic E-state index is -0.827. The summed E-state index contributed by atoms with van der Waals surface area (Å²) in [5.41, 5.74) is 5.34. The molecule has 0 saturated carbocycles. The third-order valence-electron chi connectivity index (χ3n) is 6.73. The van der Waals surface area contributed by atoms with Gasteiger partial charge in [0, 0.05) is 0 Å². The van der Waals surface area contributed by atoms with Crippen molar-refractivity contribution in [1.82, 2.24) is 0 Å². The van der Waals surface area contributed by atoms with Gasteiger partial charge in [-0.15, -0.1) is 0 Å². The predicted octanol–water partition coefficient (Wildman–Crippen LogP) is 4.20. The number of halogens is 1. The van der Waals surface area contributed by atoms with Crippen LogP contribution in [0.1, 0.15) is 62.7 Å². The van der Waals surface area contributed by atoms with Crippen LogP contribution < -0.4 is 32.1 Å². The fraction of sp³-hybridized carbons (Fsp3) is 0.214. The Bertz CT molecular complexity index is 1680. The van der Waals surface area contributed by atoms with Crippen molar-refractivity contribution in [2.75, 3.05) is 15.5 Å². The van der Waals surface area contributed by atoms with Crippen molar-refractivity contribution in [1.29, 1.82) is 0 Å². The monoisotopic (exact) mass is 516 g/mol. The van der Waals surface area contributed by atoms with Crippen LogP contribution in [-0.2, 0) is 6.54 Å². The first kappa shape index (κ1) is 24.9. The predicted molar refractivity (Wildman–Crippen MR) is 141 cm³/mol. The molecule has 1 aliphatic rings. The Morgan fingerprint density at radius 2 is 1.79 bits per heavy atom. The van der Waals surface area contributed by atoms with Crippen molar-refractivity contribution in [2.45, 2.75) is 39.8 Å². The lowest BCUT2D eigenvalue weighted by Crippen LogP contribution is -2.37. The molecule has 4 N–H and O–H groups in total. The topological polar surface area (TPSA) is 135 Å². The number of fused-ring (bicyclic) bond motifs is 1. The highest BCUT2D eigenvalue weighted by atomic mass is 19.1. The lowest BCUT2D eigenvalue weighted by atomic mass is 10.1. The summed E-state index contributed by atoms with van der Waals surface area (Å²) in [5, 5.41) is 5.74. The van der Waals surface area contributed by atoms with Gasteiger partial charge in [-0.1, -0.05) is 19.1 Å². The number of hydrogen-bond donors (Lipinski definition) is 3. The third kappa shape index (κ3) is 4.03. The van der Waals surface area contributed by atoms with E-state index in [1.807, 2.05) is 13.8 Å². The summed E-state index contributed by atoms with van der Waals surface area (Å²) in [7, 11) is 0. The van der Waals surface area contributed by atoms with E-state index in [4.69, 9.17) is 10.2 Å². The first-order valence-corrected chi connectivity index (χ1v) is 12.1. The highest BCUT2D eigenvalue weighted by Crippen LogP contribution is 2.38. The largest absolute Gasteiger partial charge is 0.464 e. The van der Waals surface area contributed by atoms with E-state index in [-0.39, 0.29) is 34.7 Å². The number of furan rings is 1. The van der Waals surface area contributed by atoms with Crippen LogP contribution in [-0.4, -0.2) is 11.8 Å². The zero-order chi connectivity index (χ0) is 27.3. The number of carbonyl (C=O) groups is 2. The number of benzene rings is 2. The minimum absolute atomic E-state index is 0.00891. The second-order valence-electron chi connectivity index (χ2n) is 9.32. The Morgan fingerprint density at radius 3 is 2.45 bits per heavy atom. The molecule has 5 rings (SSSR count). The first-order valence-electron chi connectivity index (χ1n) is 12.1. The summed E-state index contributed by atoms with van der Waals surface area (Å²) in [6.07, 6.45) is 0.548. The zero-order valence-corrected chi connectivity index (χ0v) is 21.0. The molecule has 0 bridgehead atoms. The number of aryl methyl sites for hydroxylation is 2. The lowest BCUT2D eigenvalue weighted by Gasteiger charge is -2.21. The lowest BCUT2D eigenvalue weighted by molar-refractivity contribution is 0.0996. The van der Waals surface area contributed by atoms with Crippen molar-refractivity contribution < 1.29 is 18.4 Å². The summed E-state index contributed by atoms with van der Waals surface area (Å²) in [5.74, 6) is -0.761. The fourth-order valence-electron chi connectivity index (χ4n) is 4.73. The molecule has 0 unspecified atom stereocenters. The summed E-state index contributed by atoms with van der Waals surface area (Å²) >= 11 is 0. The molecule has 0 fully saturated rings. The van der Waals surface area contributed by atoms with Gasteiger partial charge in [-0.05, 0) is 61.7 Å². The van der Waals surface area contributed by atoms with Gasteiger partial charge in [0.15, 0.2) is 0 Å². The van der Waals surface area contributed by atoms with Crippen molar-refractivity contribution >= 4 is 34.6 Å². The van der Waals surface area contributed by atoms with E-state index in [0.717, 1.165) is 5.56 Å². The number of amides is 2. The molecular weight excluding hydrogens is 491 g/mol. The Kier molecular flexibility index (Phi) is 6.10. The second-order valence-corrected chi connectivity index (χ2v) is 9.32. The van der Waals surface area contributed by atoms with E-state index in [0.29, 0.717) is 29.2 Å². The Balaban J connectivity index is 1.51. The molecule has 38 heavy (non-hydrogen) atoms. The highest BCUT2D eigenvalue weighted by Gasteiger charge is 2.35. The average Bonchev–Trinajstić information content (AvgIpc) is 3.47. The number of hydrogen-bond acceptors (Lipinski definition) is 7. The van der Waals surface area contributed by atoms with Gasteiger partial charge in [0.05, 0.1) is 35.1 Å². The van der Waals surface area contributed by atoms with Gasteiger partial charge in [0.25, 0.3) is 22.7 Å². The molecule has 9 nitrogen and oxygen atoms in total. The van der Waals surface area contributed by atoms with Crippen molar-refractivity contribution in [2.24, 2.45) is 5.73 Å². The van der Waals surface area contributed by atoms with Crippen molar-refractivity contribution in [3.63, 3.8) is 0 Å². The molecule has 0 aliphatic carbocycles. The van der Waals surface area contributed by atoms with Crippen LogP contribution in [0.4, 0.5) is 27.1 Å². The molecule has 1 aromatic heterocycles. The first-order chi connectivity index (χ1) is 18.1. The van der Waals surface area contributed by atoms with E-state index >= 15 is 4.39 Å². The average molecular weight is 517 g/mol. The fourth-order valence-corrected chi connectivity index (χ4v) is 4.73. The van der Waals surface area contributed by atoms with E-state index in [2.05, 4.69) is 10.6 Å². The summed E-state index contributed by atoms with van der Waals surface area (Å²) < 4.78 is 20.8. The maximum Gasteiger partial charge on any atom is 0.261 e. The highest BCUT2D eigenvalue weighted by molar-refractivity contribution is 6.16. The molecular formula is C28H25FN4O5. The molecule has 2 heterocycles. The molecule has 1 aliphatic heterocycles. The standard InChI is InChI=1S/C28H25FN4O5/c1-4-18(20-10-6-14(3)38-20)31-23-24(26(35)25(23)34)32-22-17(29)9-7-15-12-33(28(37)21(15)22)19-11-13(2)5-8-16(19)27(30)36/h5-11,18,31-32H,4,12H2,1-3H3,(H2,30,36)/t18-/m1/s1. The molecule has 0 radical (unpaired) electrons. The molecule has 0 spiro atoms. The van der Waals surface area contributed by atoms with E-state index < -0.39 is 34.5 Å². The van der Waals surface area contributed by atoms with Crippen LogP contribution in [0.25, 0.3) is 0 Å². The molecule has 4 aromatic rings. The summed E-state index contributed by atoms with van der Waals surface area (Å²) in [6, 6.07) is 10.7. The van der Waals surface area contributed by atoms with E-state index in [9.17, 15) is 19.2 Å². The van der Waals surface area contributed by atoms with Crippen LogP contribution in [0, 0.1) is 19.7 Å². The van der Waals surface area contributed by atoms with Crippen LogP contribution in [0.15, 0.2) is 56.5 Å². The van der Waals surface area contributed by atoms with Crippen molar-refractivity contribution in [3.8, 4) is 0 Å². The second kappa shape index (κ2) is 9.29. The number of nitrogens with zero attached hydrogens (tertiary/aromatic N) is 1. The smallest absolute Gasteiger partial charge is 0.261 e. The van der Waals surface area contributed by atoms with Gasteiger partial charge in [-0.25, -0.2) is 4.39 Å².